The third-order valence-corrected chi connectivity index (χ3v) is 3.48. The number of halogens is 1. The Labute approximate surface area is 134 Å². The van der Waals surface area contributed by atoms with Crippen LogP contribution in [0.5, 0.6) is 11.5 Å². The molecule has 0 atom stereocenters. The lowest BCUT2D eigenvalue weighted by molar-refractivity contribution is 0.0696. The summed E-state index contributed by atoms with van der Waals surface area (Å²) in [6.07, 6.45) is 0. The Bertz CT molecular complexity index is 682. The second kappa shape index (κ2) is 6.57. The zero-order valence-electron chi connectivity index (χ0n) is 11.0. The average molecular weight is 398 g/mol. The van der Waals surface area contributed by atoms with Crippen molar-refractivity contribution in [2.45, 2.75) is 0 Å². The van der Waals surface area contributed by atoms with Crippen LogP contribution in [0.3, 0.4) is 0 Å². The predicted molar refractivity (Wildman–Crippen MR) is 84.1 cm³/mol. The maximum atomic E-state index is 12.1. The van der Waals surface area contributed by atoms with Crippen molar-refractivity contribution in [2.24, 2.45) is 0 Å². The first-order chi connectivity index (χ1) is 10.0. The highest BCUT2D eigenvalue weighted by atomic mass is 127. The van der Waals surface area contributed by atoms with Crippen LogP contribution < -0.4 is 9.47 Å². The molecule has 5 nitrogen and oxygen atoms in total. The molecule has 0 aromatic heterocycles. The maximum absolute atomic E-state index is 12.1. The highest BCUT2D eigenvalue weighted by Gasteiger charge is 2.18. The predicted octanol–water partition coefficient (Wildman–Crippen LogP) is 3.22. The summed E-state index contributed by atoms with van der Waals surface area (Å²) < 4.78 is 10.9. The summed E-state index contributed by atoms with van der Waals surface area (Å²) in [5.41, 5.74) is 0.466. The number of methoxy groups -OCH3 is 1. The smallest absolute Gasteiger partial charge is 0.343 e. The number of carbonyl (C=O) groups excluding carboxylic acids is 1. The minimum absolute atomic E-state index is 0.0655. The third kappa shape index (κ3) is 3.52. The molecule has 21 heavy (non-hydrogen) atoms. The first-order valence-electron chi connectivity index (χ1n) is 5.91. The molecule has 0 saturated heterocycles. The lowest BCUT2D eigenvalue weighted by atomic mass is 10.2. The van der Waals surface area contributed by atoms with Crippen LogP contribution in [0.25, 0.3) is 0 Å². The molecule has 2 aromatic carbocycles. The first-order valence-corrected chi connectivity index (χ1v) is 6.99. The van der Waals surface area contributed by atoms with Gasteiger partial charge in [0.15, 0.2) is 11.5 Å². The Morgan fingerprint density at radius 2 is 1.76 bits per heavy atom. The zero-order valence-corrected chi connectivity index (χ0v) is 13.2. The van der Waals surface area contributed by atoms with Crippen molar-refractivity contribution in [3.8, 4) is 11.5 Å². The van der Waals surface area contributed by atoms with Gasteiger partial charge in [-0.25, -0.2) is 9.59 Å². The van der Waals surface area contributed by atoms with Crippen molar-refractivity contribution in [2.75, 3.05) is 7.11 Å². The molecule has 6 heteroatoms. The molecule has 2 aromatic rings. The van der Waals surface area contributed by atoms with Gasteiger partial charge in [-0.3, -0.25) is 0 Å². The Balaban J connectivity index is 2.36. The normalized spacial score (nSPS) is 10.0. The van der Waals surface area contributed by atoms with E-state index in [-0.39, 0.29) is 17.1 Å². The molecular weight excluding hydrogens is 387 g/mol. The number of esters is 1. The zero-order chi connectivity index (χ0) is 15.4. The van der Waals surface area contributed by atoms with Gasteiger partial charge in [0.05, 0.1) is 21.8 Å². The number of rotatable bonds is 4. The van der Waals surface area contributed by atoms with Crippen LogP contribution in [0.2, 0.25) is 0 Å². The second-order valence-electron chi connectivity index (χ2n) is 4.05. The summed E-state index contributed by atoms with van der Waals surface area (Å²) in [4.78, 5) is 23.1. The van der Waals surface area contributed by atoms with Crippen LogP contribution in [0.1, 0.15) is 20.7 Å². The monoisotopic (exact) mass is 398 g/mol. The fourth-order valence-electron chi connectivity index (χ4n) is 1.67. The number of aromatic carboxylic acids is 1. The summed E-state index contributed by atoms with van der Waals surface area (Å²) >= 11 is 1.90. The molecule has 2 rings (SSSR count). The van der Waals surface area contributed by atoms with Crippen molar-refractivity contribution in [3.63, 3.8) is 0 Å². The van der Waals surface area contributed by atoms with Crippen LogP contribution >= 0.6 is 22.6 Å². The van der Waals surface area contributed by atoms with Gasteiger partial charge in [-0.1, -0.05) is 18.2 Å². The number of carbonyl (C=O) groups is 2. The summed E-state index contributed by atoms with van der Waals surface area (Å²) in [6, 6.07) is 11.2. The summed E-state index contributed by atoms with van der Waals surface area (Å²) in [7, 11) is 1.39. The molecule has 0 aliphatic rings. The quantitative estimate of drug-likeness (QED) is 0.487. The topological polar surface area (TPSA) is 72.8 Å². The van der Waals surface area contributed by atoms with Gasteiger partial charge in [0.2, 0.25) is 0 Å². The molecule has 108 valence electrons. The summed E-state index contributed by atoms with van der Waals surface area (Å²) in [5.74, 6) is -1.21. The standard InChI is InChI=1S/C15H11IO5/c1-20-12-8-10(14(17)18)7-11(16)13(12)21-15(19)9-5-3-2-4-6-9/h2-8H,1H3,(H,17,18). The SMILES string of the molecule is COc1cc(C(=O)O)cc(I)c1OC(=O)c1ccccc1. The first kappa shape index (κ1) is 15.3. The summed E-state index contributed by atoms with van der Waals surface area (Å²) in [6.45, 7) is 0. The Morgan fingerprint density at radius 3 is 2.33 bits per heavy atom. The van der Waals surface area contributed by atoms with E-state index < -0.39 is 11.9 Å². The molecule has 0 aliphatic carbocycles. The molecule has 0 spiro atoms. The summed E-state index contributed by atoms with van der Waals surface area (Å²) in [5, 5.41) is 9.01. The number of carboxylic acid groups (broad SMARTS) is 1. The van der Waals surface area contributed by atoms with E-state index in [9.17, 15) is 9.59 Å². The molecule has 0 bridgehead atoms. The second-order valence-corrected chi connectivity index (χ2v) is 5.21. The highest BCUT2D eigenvalue weighted by molar-refractivity contribution is 14.1. The fraction of sp³-hybridized carbons (Fsp3) is 0.0667. The van der Waals surface area contributed by atoms with Crippen LogP contribution in [0, 0.1) is 3.57 Å². The van der Waals surface area contributed by atoms with Crippen molar-refractivity contribution in [1.82, 2.24) is 0 Å². The molecule has 0 aliphatic heterocycles. The number of carboxylic acids is 1. The van der Waals surface area contributed by atoms with E-state index in [0.717, 1.165) is 0 Å². The van der Waals surface area contributed by atoms with E-state index in [1.807, 2.05) is 22.6 Å². The van der Waals surface area contributed by atoms with Crippen LogP contribution in [-0.2, 0) is 0 Å². The van der Waals surface area contributed by atoms with E-state index >= 15 is 0 Å². The lowest BCUT2D eigenvalue weighted by Crippen LogP contribution is -2.11. The number of ether oxygens (including phenoxy) is 2. The molecule has 0 unspecified atom stereocenters. The van der Waals surface area contributed by atoms with Crippen molar-refractivity contribution < 1.29 is 24.2 Å². The van der Waals surface area contributed by atoms with Gasteiger partial charge >= 0.3 is 11.9 Å². The largest absolute Gasteiger partial charge is 0.493 e. The van der Waals surface area contributed by atoms with Gasteiger partial charge in [0.25, 0.3) is 0 Å². The van der Waals surface area contributed by atoms with Gasteiger partial charge in [-0.15, -0.1) is 0 Å². The Hall–Kier alpha value is -2.09. The Kier molecular flexibility index (Phi) is 4.79. The van der Waals surface area contributed by atoms with E-state index in [4.69, 9.17) is 14.6 Å². The van der Waals surface area contributed by atoms with Crippen LogP contribution in [-0.4, -0.2) is 24.2 Å². The number of hydrogen-bond donors (Lipinski definition) is 1. The van der Waals surface area contributed by atoms with Crippen LogP contribution in [0.4, 0.5) is 0 Å². The van der Waals surface area contributed by atoms with E-state index in [1.165, 1.54) is 19.2 Å². The molecule has 0 fully saturated rings. The van der Waals surface area contributed by atoms with Gasteiger partial charge < -0.3 is 14.6 Å². The molecule has 1 N–H and O–H groups in total. The number of hydrogen-bond acceptors (Lipinski definition) is 4. The van der Waals surface area contributed by atoms with Crippen LogP contribution in [0.15, 0.2) is 42.5 Å². The molecule has 0 saturated carbocycles. The van der Waals surface area contributed by atoms with Gasteiger partial charge in [-0.2, -0.15) is 0 Å². The molecule has 0 heterocycles. The minimum Gasteiger partial charge on any atom is -0.493 e. The number of benzene rings is 2. The maximum Gasteiger partial charge on any atom is 0.343 e. The van der Waals surface area contributed by atoms with E-state index in [2.05, 4.69) is 0 Å². The fourth-order valence-corrected chi connectivity index (χ4v) is 2.38. The molecule has 0 amide bonds. The van der Waals surface area contributed by atoms with Gasteiger partial charge in [0, 0.05) is 0 Å². The third-order valence-electron chi connectivity index (χ3n) is 2.68. The van der Waals surface area contributed by atoms with Crippen molar-refractivity contribution in [3.05, 3.63) is 57.2 Å². The lowest BCUT2D eigenvalue weighted by Gasteiger charge is -2.12. The van der Waals surface area contributed by atoms with E-state index in [1.54, 1.807) is 30.3 Å². The van der Waals surface area contributed by atoms with Crippen molar-refractivity contribution in [1.29, 1.82) is 0 Å². The van der Waals surface area contributed by atoms with Gasteiger partial charge in [-0.05, 0) is 46.9 Å². The van der Waals surface area contributed by atoms with E-state index in [0.29, 0.717) is 9.13 Å². The molecule has 0 radical (unpaired) electrons. The highest BCUT2D eigenvalue weighted by Crippen LogP contribution is 2.34. The molecular formula is C15H11IO5. The average Bonchev–Trinajstić information content (AvgIpc) is 2.49. The Morgan fingerprint density at radius 1 is 1.10 bits per heavy atom. The van der Waals surface area contributed by atoms with Crippen molar-refractivity contribution >= 4 is 34.5 Å². The van der Waals surface area contributed by atoms with Gasteiger partial charge in [0.1, 0.15) is 0 Å². The minimum atomic E-state index is -1.08.